The maximum atomic E-state index is 13.6. The normalized spacial score (nSPS) is 16.2. The van der Waals surface area contributed by atoms with E-state index >= 15 is 0 Å². The number of anilines is 1. The fourth-order valence-corrected chi connectivity index (χ4v) is 4.85. The van der Waals surface area contributed by atoms with E-state index in [0.717, 1.165) is 47.5 Å². The molecule has 29 heavy (non-hydrogen) atoms. The van der Waals surface area contributed by atoms with Crippen molar-refractivity contribution in [1.82, 2.24) is 9.80 Å². The predicted molar refractivity (Wildman–Crippen MR) is 113 cm³/mol. The largest absolute Gasteiger partial charge is 0.416 e. The van der Waals surface area contributed by atoms with Gasteiger partial charge in [-0.15, -0.1) is 11.3 Å². The van der Waals surface area contributed by atoms with E-state index in [1.54, 1.807) is 6.07 Å². The zero-order valence-corrected chi connectivity index (χ0v) is 18.5. The van der Waals surface area contributed by atoms with Crippen LogP contribution in [-0.4, -0.2) is 48.4 Å². The van der Waals surface area contributed by atoms with E-state index in [2.05, 4.69) is 33.1 Å². The molecule has 0 aliphatic carbocycles. The molecule has 1 amide bonds. The van der Waals surface area contributed by atoms with Crippen LogP contribution in [0.25, 0.3) is 0 Å². The number of halogens is 4. The second-order valence-corrected chi connectivity index (χ2v) is 9.56. The van der Waals surface area contributed by atoms with Gasteiger partial charge < -0.3 is 10.2 Å². The Hall–Kier alpha value is -1.42. The molecule has 0 unspecified atom stereocenters. The molecule has 4 nitrogen and oxygen atoms in total. The SMILES string of the molecule is CCN1CCN(Cc2ccc(NC(=O)Cc3ccc(Br)s3)cc2C(F)(F)F)CC1. The van der Waals surface area contributed by atoms with Gasteiger partial charge in [-0.1, -0.05) is 13.0 Å². The molecule has 0 spiro atoms. The number of piperazine rings is 1. The third-order valence-corrected chi connectivity index (χ3v) is 6.59. The van der Waals surface area contributed by atoms with E-state index < -0.39 is 11.7 Å². The Kier molecular flexibility index (Phi) is 7.37. The smallest absolute Gasteiger partial charge is 0.326 e. The predicted octanol–water partition coefficient (Wildman–Crippen LogP) is 4.85. The van der Waals surface area contributed by atoms with Crippen LogP contribution in [0.3, 0.4) is 0 Å². The van der Waals surface area contributed by atoms with Crippen LogP contribution >= 0.6 is 27.3 Å². The highest BCUT2D eigenvalue weighted by Crippen LogP contribution is 2.34. The zero-order chi connectivity index (χ0) is 21.0. The molecule has 0 atom stereocenters. The number of alkyl halides is 3. The molecule has 0 bridgehead atoms. The lowest BCUT2D eigenvalue weighted by Crippen LogP contribution is -2.45. The van der Waals surface area contributed by atoms with Gasteiger partial charge in [0.1, 0.15) is 0 Å². The zero-order valence-electron chi connectivity index (χ0n) is 16.1. The molecule has 1 aromatic heterocycles. The minimum atomic E-state index is -4.47. The summed E-state index contributed by atoms with van der Waals surface area (Å²) in [5.41, 5.74) is -0.285. The lowest BCUT2D eigenvalue weighted by molar-refractivity contribution is -0.138. The number of benzene rings is 1. The van der Waals surface area contributed by atoms with Gasteiger partial charge in [-0.3, -0.25) is 9.69 Å². The number of rotatable bonds is 6. The summed E-state index contributed by atoms with van der Waals surface area (Å²) in [5.74, 6) is -0.337. The van der Waals surface area contributed by atoms with E-state index in [9.17, 15) is 18.0 Å². The standard InChI is InChI=1S/C20H23BrF3N3OS/c1-2-26-7-9-27(10-8-26)13-14-3-4-15(11-17(14)20(22,23)24)25-19(28)12-16-5-6-18(21)29-16/h3-6,11H,2,7-10,12-13H2,1H3,(H,25,28). The monoisotopic (exact) mass is 489 g/mol. The molecule has 1 fully saturated rings. The first-order valence-corrected chi connectivity index (χ1v) is 11.0. The number of likely N-dealkylation sites (N-methyl/N-ethyl adjacent to an activating group) is 1. The first-order chi connectivity index (χ1) is 13.7. The van der Waals surface area contributed by atoms with Gasteiger partial charge >= 0.3 is 6.18 Å². The first kappa shape index (κ1) is 22.3. The van der Waals surface area contributed by atoms with Crippen LogP contribution < -0.4 is 5.32 Å². The van der Waals surface area contributed by atoms with Crippen molar-refractivity contribution in [3.8, 4) is 0 Å². The number of hydrogen-bond donors (Lipinski definition) is 1. The van der Waals surface area contributed by atoms with Crippen LogP contribution in [0.2, 0.25) is 0 Å². The quantitative estimate of drug-likeness (QED) is 0.629. The Labute approximate surface area is 180 Å². The molecule has 0 radical (unpaired) electrons. The van der Waals surface area contributed by atoms with Crippen molar-refractivity contribution in [2.24, 2.45) is 0 Å². The minimum absolute atomic E-state index is 0.126. The number of amides is 1. The van der Waals surface area contributed by atoms with E-state index in [1.165, 1.54) is 17.4 Å². The molecule has 9 heteroatoms. The van der Waals surface area contributed by atoms with E-state index in [1.807, 2.05) is 17.0 Å². The highest BCUT2D eigenvalue weighted by Gasteiger charge is 2.34. The van der Waals surface area contributed by atoms with Crippen LogP contribution in [0.15, 0.2) is 34.1 Å². The Morgan fingerprint density at radius 3 is 2.41 bits per heavy atom. The fourth-order valence-electron chi connectivity index (χ4n) is 3.37. The number of nitrogens with one attached hydrogen (secondary N) is 1. The van der Waals surface area contributed by atoms with Gasteiger partial charge in [0, 0.05) is 43.3 Å². The summed E-state index contributed by atoms with van der Waals surface area (Å²) in [6.45, 7) is 6.53. The lowest BCUT2D eigenvalue weighted by Gasteiger charge is -2.34. The van der Waals surface area contributed by atoms with Crippen LogP contribution in [0.4, 0.5) is 18.9 Å². The maximum Gasteiger partial charge on any atom is 0.416 e. The molecule has 0 saturated carbocycles. The number of nitrogens with zero attached hydrogens (tertiary/aromatic N) is 2. The van der Waals surface area contributed by atoms with Gasteiger partial charge in [0.2, 0.25) is 5.91 Å². The van der Waals surface area contributed by atoms with E-state index in [0.29, 0.717) is 0 Å². The lowest BCUT2D eigenvalue weighted by atomic mass is 10.0. The fraction of sp³-hybridized carbons (Fsp3) is 0.450. The summed E-state index contributed by atoms with van der Waals surface area (Å²) in [4.78, 5) is 17.4. The Bertz CT molecular complexity index is 848. The summed E-state index contributed by atoms with van der Waals surface area (Å²) in [6, 6.07) is 7.72. The average molecular weight is 490 g/mol. The topological polar surface area (TPSA) is 35.6 Å². The third kappa shape index (κ3) is 6.28. The summed E-state index contributed by atoms with van der Waals surface area (Å²) < 4.78 is 41.8. The highest BCUT2D eigenvalue weighted by atomic mass is 79.9. The van der Waals surface area contributed by atoms with Gasteiger partial charge in [0.05, 0.1) is 15.8 Å². The van der Waals surface area contributed by atoms with Crippen LogP contribution in [0.5, 0.6) is 0 Å². The number of carbonyl (C=O) groups excluding carboxylic acids is 1. The van der Waals surface area contributed by atoms with E-state index in [-0.39, 0.29) is 30.1 Å². The van der Waals surface area contributed by atoms with Crippen LogP contribution in [0, 0.1) is 0 Å². The molecular weight excluding hydrogens is 467 g/mol. The van der Waals surface area contributed by atoms with Crippen molar-refractivity contribution in [2.75, 3.05) is 38.0 Å². The molecule has 1 aromatic carbocycles. The Balaban J connectivity index is 1.69. The van der Waals surface area contributed by atoms with Crippen molar-refractivity contribution in [3.63, 3.8) is 0 Å². The van der Waals surface area contributed by atoms with Crippen molar-refractivity contribution in [2.45, 2.75) is 26.1 Å². The van der Waals surface area contributed by atoms with Crippen molar-refractivity contribution in [1.29, 1.82) is 0 Å². The summed E-state index contributed by atoms with van der Waals surface area (Å²) in [7, 11) is 0. The molecule has 158 valence electrons. The second kappa shape index (κ2) is 9.59. The van der Waals surface area contributed by atoms with Gasteiger partial charge in [-0.25, -0.2) is 0 Å². The van der Waals surface area contributed by atoms with Gasteiger partial charge in [0.15, 0.2) is 0 Å². The van der Waals surface area contributed by atoms with Crippen LogP contribution in [-0.2, 0) is 23.9 Å². The molecule has 1 N–H and O–H groups in total. The molecule has 1 aliphatic heterocycles. The number of carbonyl (C=O) groups is 1. The molecular formula is C20H23BrF3N3OS. The summed E-state index contributed by atoms with van der Waals surface area (Å²) in [6.07, 6.45) is -4.35. The van der Waals surface area contributed by atoms with Crippen molar-refractivity contribution in [3.05, 3.63) is 50.1 Å². The summed E-state index contributed by atoms with van der Waals surface area (Å²) in [5, 5.41) is 2.59. The molecule has 1 saturated heterocycles. The molecule has 2 heterocycles. The Morgan fingerprint density at radius 1 is 1.14 bits per heavy atom. The van der Waals surface area contributed by atoms with Gasteiger partial charge in [-0.2, -0.15) is 13.2 Å². The second-order valence-electron chi connectivity index (χ2n) is 7.01. The first-order valence-electron chi connectivity index (χ1n) is 9.43. The average Bonchev–Trinajstić information content (AvgIpc) is 3.07. The molecule has 2 aromatic rings. The van der Waals surface area contributed by atoms with Crippen molar-refractivity contribution < 1.29 is 18.0 Å². The number of thiophene rings is 1. The number of hydrogen-bond acceptors (Lipinski definition) is 4. The maximum absolute atomic E-state index is 13.6. The minimum Gasteiger partial charge on any atom is -0.326 e. The van der Waals surface area contributed by atoms with Gasteiger partial charge in [0.25, 0.3) is 0 Å². The molecule has 1 aliphatic rings. The Morgan fingerprint density at radius 2 is 1.83 bits per heavy atom. The third-order valence-electron chi connectivity index (χ3n) is 4.97. The van der Waals surface area contributed by atoms with Gasteiger partial charge in [-0.05, 0) is 52.3 Å². The van der Waals surface area contributed by atoms with Crippen molar-refractivity contribution >= 4 is 38.9 Å². The van der Waals surface area contributed by atoms with E-state index in [4.69, 9.17) is 0 Å². The highest BCUT2D eigenvalue weighted by molar-refractivity contribution is 9.11. The molecule has 3 rings (SSSR count). The summed E-state index contributed by atoms with van der Waals surface area (Å²) >= 11 is 4.76. The van der Waals surface area contributed by atoms with Crippen LogP contribution in [0.1, 0.15) is 22.9 Å².